The van der Waals surface area contributed by atoms with Crippen LogP contribution in [0.5, 0.6) is 0 Å². The second-order valence-electron chi connectivity index (χ2n) is 34.8. The Morgan fingerprint density at radius 3 is 0.533 bits per heavy atom. The normalized spacial score (nSPS) is 12.0. The zero-order valence-electron chi connectivity index (χ0n) is 72.6. The Bertz CT molecular complexity index is 9040. The summed E-state index contributed by atoms with van der Waals surface area (Å²) in [5, 5.41) is 22.2. The molecular formula is C121H76N14. The van der Waals surface area contributed by atoms with Gasteiger partial charge in [-0.05, 0) is 200 Å². The third kappa shape index (κ3) is 11.5. The summed E-state index contributed by atoms with van der Waals surface area (Å²) < 4.78 is 21.1. The number of nitrogens with zero attached hydrogens (tertiary/aromatic N) is 14. The summed E-state index contributed by atoms with van der Waals surface area (Å²) in [6.07, 6.45) is 12.6. The van der Waals surface area contributed by atoms with Crippen LogP contribution in [0.1, 0.15) is 0 Å². The van der Waals surface area contributed by atoms with E-state index in [-0.39, 0.29) is 0 Å². The van der Waals surface area contributed by atoms with Gasteiger partial charge in [0, 0.05) is 162 Å². The van der Waals surface area contributed by atoms with Crippen LogP contribution in [0, 0.1) is 0 Å². The molecule has 18 aromatic carbocycles. The van der Waals surface area contributed by atoms with Crippen LogP contribution in [0.3, 0.4) is 0 Å². The monoisotopic (exact) mass is 1720 g/mol. The van der Waals surface area contributed by atoms with Gasteiger partial charge in [0.2, 0.25) is 5.95 Å². The van der Waals surface area contributed by atoms with Crippen LogP contribution in [0.4, 0.5) is 0 Å². The summed E-state index contributed by atoms with van der Waals surface area (Å²) in [7, 11) is 0. The first-order valence-corrected chi connectivity index (χ1v) is 45.6. The molecule has 14 heteroatoms. The lowest BCUT2D eigenvalue weighted by molar-refractivity contribution is 0.988. The molecule has 0 saturated heterocycles. The standard InChI is InChI=1S/C41H26N4.2C40H25N5/c1-5-13-36-30(9-1)31-10-2-6-14-37(31)44(36)28-18-20-41-35(25-28)33-12-4-8-16-39(33)45(41)29-17-19-40-34(26-29)32-11-3-7-15-38(32)43(40)27-21-23-42-24-22-27;1-5-14-34-28(10-1)29-11-2-6-15-35(29)43(34)26-18-20-38-32(24-26)30-12-3-7-16-36(30)44(38)27-19-21-39-33(25-27)31-13-4-8-17-37(31)45(39)40-41-22-9-23-42-40;1-5-13-35-29(9-1)30-10-2-6-14-36(30)43(35)26-17-19-39-33(21-26)31-11-3-7-15-37(31)44(39)27-18-20-40-34(22-27)32-12-4-8-16-38(32)45(40)28-23-41-25-42-24-28/h1-26H;2*1-25H. The van der Waals surface area contributed by atoms with Crippen molar-refractivity contribution in [1.82, 2.24) is 66.0 Å². The number of hydrogen-bond acceptors (Lipinski definition) is 5. The Morgan fingerprint density at radius 2 is 0.304 bits per heavy atom. The average molecular weight is 1730 g/mol. The first-order chi connectivity index (χ1) is 67.0. The zero-order valence-corrected chi connectivity index (χ0v) is 72.6. The van der Waals surface area contributed by atoms with E-state index in [0.717, 1.165) is 61.9 Å². The van der Waals surface area contributed by atoms with Gasteiger partial charge in [0.15, 0.2) is 0 Å². The van der Waals surface area contributed by atoms with Gasteiger partial charge in [-0.2, -0.15) is 0 Å². The molecule has 0 amide bonds. The van der Waals surface area contributed by atoms with Gasteiger partial charge < -0.3 is 36.5 Å². The summed E-state index contributed by atoms with van der Waals surface area (Å²) in [5.74, 6) is 0.672. The van der Waals surface area contributed by atoms with Crippen LogP contribution in [0.15, 0.2) is 462 Å². The van der Waals surface area contributed by atoms with E-state index in [1.807, 2.05) is 30.9 Å². The van der Waals surface area contributed by atoms with Crippen molar-refractivity contribution < 1.29 is 0 Å². The average Bonchev–Trinajstić information content (AvgIpc) is 1.57. The van der Waals surface area contributed by atoms with Gasteiger partial charge >= 0.3 is 0 Å². The minimum Gasteiger partial charge on any atom is -0.309 e. The molecule has 0 spiro atoms. The van der Waals surface area contributed by atoms with Crippen molar-refractivity contribution >= 4 is 196 Å². The van der Waals surface area contributed by atoms with Crippen LogP contribution < -0.4 is 0 Å². The zero-order chi connectivity index (χ0) is 88.5. The van der Waals surface area contributed by atoms with E-state index in [1.165, 1.54) is 180 Å². The predicted octanol–water partition coefficient (Wildman–Crippen LogP) is 29.9. The van der Waals surface area contributed by atoms with E-state index in [2.05, 4.69) is 479 Å². The second-order valence-corrected chi connectivity index (χ2v) is 34.8. The molecular weight excluding hydrogens is 1650 g/mol. The molecule has 12 aromatic heterocycles. The highest BCUT2D eigenvalue weighted by atomic mass is 15.2. The lowest BCUT2D eigenvalue weighted by Gasteiger charge is -2.11. The van der Waals surface area contributed by atoms with Crippen LogP contribution in [0.2, 0.25) is 0 Å². The number of benzene rings is 18. The Kier molecular flexibility index (Phi) is 16.8. The Morgan fingerprint density at radius 1 is 0.126 bits per heavy atom. The molecule has 135 heavy (non-hydrogen) atoms. The molecule has 0 aliphatic carbocycles. The fraction of sp³-hybridized carbons (Fsp3) is 0. The van der Waals surface area contributed by atoms with Gasteiger partial charge in [0.1, 0.15) is 6.33 Å². The molecule has 0 bridgehead atoms. The van der Waals surface area contributed by atoms with E-state index in [9.17, 15) is 0 Å². The summed E-state index contributed by atoms with van der Waals surface area (Å²) in [6, 6.07) is 151. The van der Waals surface area contributed by atoms with E-state index in [0.29, 0.717) is 5.95 Å². The van der Waals surface area contributed by atoms with Gasteiger partial charge in [-0.3, -0.25) is 9.55 Å². The molecule has 0 atom stereocenters. The maximum atomic E-state index is 4.59. The quantitative estimate of drug-likeness (QED) is 0.143. The van der Waals surface area contributed by atoms with Gasteiger partial charge in [-0.1, -0.05) is 218 Å². The molecule has 0 aliphatic heterocycles. The largest absolute Gasteiger partial charge is 0.309 e. The number of fused-ring (bicyclic) bond motifs is 27. The van der Waals surface area contributed by atoms with Crippen molar-refractivity contribution in [1.29, 1.82) is 0 Å². The first-order valence-electron chi connectivity index (χ1n) is 45.6. The highest BCUT2D eigenvalue weighted by molar-refractivity contribution is 6.19. The van der Waals surface area contributed by atoms with E-state index in [4.69, 9.17) is 0 Å². The molecule has 30 aromatic rings. The van der Waals surface area contributed by atoms with Gasteiger partial charge in [0.25, 0.3) is 0 Å². The molecule has 14 nitrogen and oxygen atoms in total. The van der Waals surface area contributed by atoms with E-state index >= 15 is 0 Å². The highest BCUT2D eigenvalue weighted by Gasteiger charge is 2.25. The smallest absolute Gasteiger partial charge is 0.234 e. The number of aromatic nitrogens is 14. The van der Waals surface area contributed by atoms with Crippen molar-refractivity contribution in [2.75, 3.05) is 0 Å². The van der Waals surface area contributed by atoms with Crippen molar-refractivity contribution in [3.8, 4) is 51.4 Å². The van der Waals surface area contributed by atoms with Gasteiger partial charge in [-0.15, -0.1) is 0 Å². The minimum atomic E-state index is 0.672. The van der Waals surface area contributed by atoms with Crippen LogP contribution in [-0.2, 0) is 0 Å². The molecule has 30 rings (SSSR count). The van der Waals surface area contributed by atoms with E-state index < -0.39 is 0 Å². The van der Waals surface area contributed by atoms with Crippen molar-refractivity contribution in [2.45, 2.75) is 0 Å². The minimum absolute atomic E-state index is 0.672. The van der Waals surface area contributed by atoms with Crippen molar-refractivity contribution in [3.05, 3.63) is 462 Å². The summed E-state index contributed by atoms with van der Waals surface area (Å²) in [5.41, 5.74) is 30.2. The third-order valence-electron chi connectivity index (χ3n) is 27.7. The van der Waals surface area contributed by atoms with Crippen molar-refractivity contribution in [2.24, 2.45) is 0 Å². The Balaban J connectivity index is 0.000000101. The van der Waals surface area contributed by atoms with Crippen LogP contribution >= 0.6 is 0 Å². The Labute approximate surface area is 770 Å². The number of pyridine rings is 1. The van der Waals surface area contributed by atoms with Crippen LogP contribution in [-0.4, -0.2) is 66.0 Å². The molecule has 0 saturated carbocycles. The van der Waals surface area contributed by atoms with Gasteiger partial charge in [0.05, 0.1) is 117 Å². The third-order valence-corrected chi connectivity index (χ3v) is 27.7. The van der Waals surface area contributed by atoms with Crippen LogP contribution in [0.25, 0.3) is 248 Å². The fourth-order valence-electron chi connectivity index (χ4n) is 22.1. The molecule has 630 valence electrons. The molecule has 0 aliphatic rings. The SMILES string of the molecule is c1ccc2c(c1)c1ccccc1n2-c1ccc2c(c1)c1ccccc1n2-c1ccc2c(c1)c1ccccc1n2-c1ccncc1.c1ccc2c(c1)c1ccccc1n2-c1ccc2c(c1)c1ccccc1n2-c1ccc2c(c1)c1ccccc1n2-c1cncnc1.c1cnc(-n2c3ccccc3c3cc(-n4c5ccccc5c5cc(-n6c7ccccc7c7ccccc76)ccc54)ccc32)nc1. The topological polar surface area (TPSA) is 109 Å². The predicted molar refractivity (Wildman–Crippen MR) is 557 cm³/mol. The summed E-state index contributed by atoms with van der Waals surface area (Å²) in [6.45, 7) is 0. The van der Waals surface area contributed by atoms with E-state index in [1.54, 1.807) is 18.7 Å². The maximum Gasteiger partial charge on any atom is 0.234 e. The lowest BCUT2D eigenvalue weighted by Crippen LogP contribution is -2.00. The molecule has 0 N–H and O–H groups in total. The molecule has 12 heterocycles. The number of hydrogen-bond donors (Lipinski definition) is 0. The summed E-state index contributed by atoms with van der Waals surface area (Å²) in [4.78, 5) is 22.0. The highest BCUT2D eigenvalue weighted by Crippen LogP contribution is 2.46. The Hall–Kier alpha value is -18.5. The van der Waals surface area contributed by atoms with Crippen molar-refractivity contribution in [3.63, 3.8) is 0 Å². The summed E-state index contributed by atoms with van der Waals surface area (Å²) >= 11 is 0. The molecule has 0 unspecified atom stereocenters. The second kappa shape index (κ2) is 30.0. The maximum absolute atomic E-state index is 4.59. The molecule has 0 radical (unpaired) electrons. The molecule has 0 fully saturated rings. The lowest BCUT2D eigenvalue weighted by atomic mass is 10.1. The first kappa shape index (κ1) is 75.4. The number of para-hydroxylation sites is 12. The number of rotatable bonds is 9. The van der Waals surface area contributed by atoms with Gasteiger partial charge in [-0.25, -0.2) is 19.9 Å². The fourth-order valence-corrected chi connectivity index (χ4v) is 22.1.